The molecular weight excluding hydrogens is 409 g/mol. The van der Waals surface area contributed by atoms with Gasteiger partial charge in [0.25, 0.3) is 0 Å². The predicted molar refractivity (Wildman–Crippen MR) is 103 cm³/mol. The quantitative estimate of drug-likeness (QED) is 0.358. The van der Waals surface area contributed by atoms with Crippen LogP contribution in [0.4, 0.5) is 0 Å². The molecule has 1 aliphatic heterocycles. The van der Waals surface area contributed by atoms with E-state index >= 15 is 0 Å². The van der Waals surface area contributed by atoms with Crippen LogP contribution < -0.4 is 0 Å². The van der Waals surface area contributed by atoms with E-state index in [4.69, 9.17) is 24.7 Å². The normalized spacial score (nSPS) is 15.2. The van der Waals surface area contributed by atoms with E-state index < -0.39 is 0 Å². The zero-order valence-electron chi connectivity index (χ0n) is 17.3. The summed E-state index contributed by atoms with van der Waals surface area (Å²) in [7, 11) is 0. The standard InChI is InChI=1S/C17H35N2O4.C2H6.Y/c1-2-3-9-20-11-13-22-15-16-23-14-12-21-10-8-19-6-4-17(18)5-7-19;1-2;/h17-18H,2-16H2,1H3;1-2H3;/q-1;;. The summed E-state index contributed by atoms with van der Waals surface area (Å²) in [6, 6.07) is 0.144. The summed E-state index contributed by atoms with van der Waals surface area (Å²) in [5.74, 6) is 0. The van der Waals surface area contributed by atoms with Crippen LogP contribution in [-0.4, -0.2) is 83.4 Å². The summed E-state index contributed by atoms with van der Waals surface area (Å²) in [6.45, 7) is 14.5. The molecule has 0 atom stereocenters. The maximum absolute atomic E-state index is 7.66. The van der Waals surface area contributed by atoms with Crippen LogP contribution in [0.15, 0.2) is 0 Å². The third-order valence-electron chi connectivity index (χ3n) is 3.90. The molecule has 26 heavy (non-hydrogen) atoms. The van der Waals surface area contributed by atoms with Gasteiger partial charge in [0.2, 0.25) is 0 Å². The molecule has 1 fully saturated rings. The molecule has 1 heterocycles. The number of piperidine rings is 1. The number of nitrogens with zero attached hydrogens (tertiary/aromatic N) is 1. The third kappa shape index (κ3) is 19.6. The second-order valence-electron chi connectivity index (χ2n) is 5.92. The molecule has 0 spiro atoms. The van der Waals surface area contributed by atoms with Gasteiger partial charge in [-0.15, -0.1) is 6.04 Å². The number of rotatable bonds is 15. The van der Waals surface area contributed by atoms with E-state index in [1.165, 1.54) is 6.42 Å². The fourth-order valence-corrected chi connectivity index (χ4v) is 2.36. The molecule has 7 heteroatoms. The average molecular weight is 450 g/mol. The van der Waals surface area contributed by atoms with E-state index in [0.29, 0.717) is 39.6 Å². The van der Waals surface area contributed by atoms with Crippen molar-refractivity contribution >= 4 is 0 Å². The van der Waals surface area contributed by atoms with Gasteiger partial charge in [-0.2, -0.15) is 0 Å². The van der Waals surface area contributed by atoms with Crippen molar-refractivity contribution in [3.8, 4) is 0 Å². The first-order valence-corrected chi connectivity index (χ1v) is 10.1. The molecular formula is C19H41N2O4Y-. The first-order valence-electron chi connectivity index (χ1n) is 10.1. The Morgan fingerprint density at radius 3 is 1.65 bits per heavy atom. The van der Waals surface area contributed by atoms with E-state index in [1.807, 2.05) is 13.8 Å². The van der Waals surface area contributed by atoms with Gasteiger partial charge in [-0.25, -0.2) is 0 Å². The van der Waals surface area contributed by atoms with Crippen molar-refractivity contribution in [2.75, 3.05) is 72.5 Å². The Balaban J connectivity index is 0. The van der Waals surface area contributed by atoms with Crippen LogP contribution in [0.5, 0.6) is 0 Å². The first kappa shape index (κ1) is 29.1. The van der Waals surface area contributed by atoms with Crippen LogP contribution in [0.3, 0.4) is 0 Å². The molecule has 0 unspecified atom stereocenters. The molecule has 1 N–H and O–H groups in total. The van der Waals surface area contributed by atoms with Crippen molar-refractivity contribution in [1.29, 1.82) is 0 Å². The Bertz CT molecular complexity index is 256. The van der Waals surface area contributed by atoms with Crippen LogP contribution in [0.1, 0.15) is 46.5 Å². The molecule has 6 nitrogen and oxygen atoms in total. The van der Waals surface area contributed by atoms with Crippen LogP contribution in [0, 0.1) is 0 Å². The van der Waals surface area contributed by atoms with Gasteiger partial charge < -0.3 is 29.6 Å². The molecule has 0 aromatic rings. The van der Waals surface area contributed by atoms with Gasteiger partial charge in [-0.05, 0) is 19.5 Å². The number of ether oxygens (including phenoxy) is 4. The molecule has 155 valence electrons. The molecule has 1 rings (SSSR count). The van der Waals surface area contributed by atoms with Crippen LogP contribution in [0.25, 0.3) is 5.73 Å². The van der Waals surface area contributed by atoms with Gasteiger partial charge in [0.15, 0.2) is 0 Å². The van der Waals surface area contributed by atoms with Crippen LogP contribution in [0.2, 0.25) is 0 Å². The van der Waals surface area contributed by atoms with Gasteiger partial charge in [0.05, 0.1) is 46.2 Å². The Labute approximate surface area is 186 Å². The van der Waals surface area contributed by atoms with Gasteiger partial charge in [0, 0.05) is 45.9 Å². The number of unbranched alkanes of at least 4 members (excludes halogenated alkanes) is 1. The van der Waals surface area contributed by atoms with Crippen molar-refractivity contribution in [3.05, 3.63) is 5.73 Å². The Kier molecular flexibility index (Phi) is 26.7. The summed E-state index contributed by atoms with van der Waals surface area (Å²) in [6.07, 6.45) is 4.27. The molecule has 1 saturated heterocycles. The second kappa shape index (κ2) is 23.9. The summed E-state index contributed by atoms with van der Waals surface area (Å²) in [5, 5.41) is 0. The summed E-state index contributed by atoms with van der Waals surface area (Å²) in [5.41, 5.74) is 7.66. The molecule has 0 amide bonds. The molecule has 1 radical (unpaired) electrons. The zero-order valence-corrected chi connectivity index (χ0v) is 20.2. The number of likely N-dealkylation sites (tertiary alicyclic amines) is 1. The zero-order chi connectivity index (χ0) is 18.6. The largest absolute Gasteiger partial charge is 0.675 e. The van der Waals surface area contributed by atoms with Gasteiger partial charge >= 0.3 is 0 Å². The third-order valence-corrected chi connectivity index (χ3v) is 3.90. The van der Waals surface area contributed by atoms with Crippen LogP contribution in [-0.2, 0) is 51.7 Å². The van der Waals surface area contributed by atoms with Gasteiger partial charge in [0.1, 0.15) is 0 Å². The van der Waals surface area contributed by atoms with E-state index in [-0.39, 0.29) is 38.8 Å². The monoisotopic (exact) mass is 450 g/mol. The molecule has 0 aromatic heterocycles. The first-order chi connectivity index (χ1) is 12.3. The van der Waals surface area contributed by atoms with Gasteiger partial charge in [-0.3, -0.25) is 0 Å². The van der Waals surface area contributed by atoms with E-state index in [0.717, 1.165) is 52.1 Å². The molecule has 0 aromatic carbocycles. The molecule has 0 aliphatic carbocycles. The maximum atomic E-state index is 7.66. The summed E-state index contributed by atoms with van der Waals surface area (Å²) in [4.78, 5) is 2.38. The fraction of sp³-hybridized carbons (Fsp3) is 1.00. The predicted octanol–water partition coefficient (Wildman–Crippen LogP) is 3.39. The van der Waals surface area contributed by atoms with E-state index in [1.54, 1.807) is 0 Å². The smallest absolute Gasteiger partial charge is 0.0701 e. The Hall–Kier alpha value is 0.864. The minimum absolute atomic E-state index is 0. The van der Waals surface area contributed by atoms with Gasteiger partial charge in [-0.1, -0.05) is 40.0 Å². The van der Waals surface area contributed by atoms with Crippen molar-refractivity contribution in [3.63, 3.8) is 0 Å². The van der Waals surface area contributed by atoms with Crippen molar-refractivity contribution in [2.45, 2.75) is 52.5 Å². The number of nitrogens with one attached hydrogen (secondary N) is 1. The van der Waals surface area contributed by atoms with E-state index in [9.17, 15) is 0 Å². The molecule has 1 aliphatic rings. The molecule has 0 bridgehead atoms. The Morgan fingerprint density at radius 1 is 0.769 bits per heavy atom. The SMILES string of the molecule is CC.CCCCOCCOCCOCCOCCN1CCC([NH-])CC1.[Y]. The minimum Gasteiger partial charge on any atom is -0.675 e. The van der Waals surface area contributed by atoms with Crippen LogP contribution >= 0.6 is 0 Å². The minimum atomic E-state index is 0. The van der Waals surface area contributed by atoms with E-state index in [2.05, 4.69) is 11.8 Å². The molecule has 0 saturated carbocycles. The second-order valence-corrected chi connectivity index (χ2v) is 5.92. The summed E-state index contributed by atoms with van der Waals surface area (Å²) >= 11 is 0. The van der Waals surface area contributed by atoms with Crippen molar-refractivity contribution < 1.29 is 51.7 Å². The number of hydrogen-bond acceptors (Lipinski definition) is 5. The Morgan fingerprint density at radius 2 is 1.19 bits per heavy atom. The van der Waals surface area contributed by atoms with Crippen molar-refractivity contribution in [2.24, 2.45) is 0 Å². The van der Waals surface area contributed by atoms with Crippen molar-refractivity contribution in [1.82, 2.24) is 4.90 Å². The fourth-order valence-electron chi connectivity index (χ4n) is 2.36. The summed E-state index contributed by atoms with van der Waals surface area (Å²) < 4.78 is 21.8. The average Bonchev–Trinajstić information content (AvgIpc) is 2.65. The number of hydrogen-bond donors (Lipinski definition) is 0. The topological polar surface area (TPSA) is 64.0 Å². The maximum Gasteiger partial charge on any atom is 0.0701 e.